The molecule has 0 bridgehead atoms. The van der Waals surface area contributed by atoms with Crippen molar-refractivity contribution < 1.29 is 15.0 Å². The van der Waals surface area contributed by atoms with E-state index < -0.39 is 5.97 Å². The minimum absolute atomic E-state index is 0.171. The molecule has 0 fully saturated rings. The highest BCUT2D eigenvalue weighted by atomic mass is 16.4. The van der Waals surface area contributed by atoms with Crippen LogP contribution in [-0.4, -0.2) is 16.2 Å². The van der Waals surface area contributed by atoms with Gasteiger partial charge < -0.3 is 10.2 Å². The van der Waals surface area contributed by atoms with Gasteiger partial charge in [0.1, 0.15) is 5.75 Å². The van der Waals surface area contributed by atoms with E-state index in [1.807, 2.05) is 20.8 Å². The Hall–Kier alpha value is -1.51. The molecule has 0 amide bonds. The zero-order valence-electron chi connectivity index (χ0n) is 10.7. The molecule has 1 atom stereocenters. The summed E-state index contributed by atoms with van der Waals surface area (Å²) in [5, 5.41) is 19.2. The first-order valence-electron chi connectivity index (χ1n) is 6.10. The topological polar surface area (TPSA) is 57.5 Å². The number of aromatic hydroxyl groups is 1. The van der Waals surface area contributed by atoms with Crippen molar-refractivity contribution >= 4 is 5.97 Å². The van der Waals surface area contributed by atoms with Crippen LogP contribution in [0.25, 0.3) is 0 Å². The highest BCUT2D eigenvalue weighted by Gasteiger charge is 2.16. The number of phenols is 1. The van der Waals surface area contributed by atoms with E-state index in [0.29, 0.717) is 6.42 Å². The first kappa shape index (κ1) is 13.6. The summed E-state index contributed by atoms with van der Waals surface area (Å²) in [6.45, 7) is 6.03. The molecule has 3 heteroatoms. The molecule has 1 aromatic rings. The number of rotatable bonds is 5. The number of carbonyl (C=O) groups is 1. The standard InChI is InChI=1S/C14H20O3/c1-4-6-10-7-11(14(16)17)8-12(13(10)15)9(3)5-2/h7-9,15H,4-6H2,1-3H3,(H,16,17). The second-order valence-corrected chi connectivity index (χ2v) is 4.44. The Kier molecular flexibility index (Phi) is 4.55. The molecule has 1 rings (SSSR count). The summed E-state index contributed by atoms with van der Waals surface area (Å²) in [7, 11) is 0. The van der Waals surface area contributed by atoms with E-state index in [2.05, 4.69) is 0 Å². The number of benzene rings is 1. The van der Waals surface area contributed by atoms with Gasteiger partial charge in [-0.3, -0.25) is 0 Å². The highest BCUT2D eigenvalue weighted by Crippen LogP contribution is 2.33. The summed E-state index contributed by atoms with van der Waals surface area (Å²) in [5.41, 5.74) is 1.75. The molecule has 17 heavy (non-hydrogen) atoms. The average molecular weight is 236 g/mol. The van der Waals surface area contributed by atoms with Gasteiger partial charge in [-0.05, 0) is 42.0 Å². The molecule has 2 N–H and O–H groups in total. The Bertz CT molecular complexity index is 410. The number of phenolic OH excluding ortho intramolecular Hbond substituents is 1. The molecule has 0 aromatic heterocycles. The van der Waals surface area contributed by atoms with Gasteiger partial charge in [0.2, 0.25) is 0 Å². The SMILES string of the molecule is CCCc1cc(C(=O)O)cc(C(C)CC)c1O. The summed E-state index contributed by atoms with van der Waals surface area (Å²) in [4.78, 5) is 11.1. The molecule has 3 nitrogen and oxygen atoms in total. The molecule has 94 valence electrons. The van der Waals surface area contributed by atoms with Crippen molar-refractivity contribution in [3.05, 3.63) is 28.8 Å². The van der Waals surface area contributed by atoms with Gasteiger partial charge >= 0.3 is 5.97 Å². The van der Waals surface area contributed by atoms with E-state index in [1.54, 1.807) is 12.1 Å². The lowest BCUT2D eigenvalue weighted by atomic mass is 9.92. The largest absolute Gasteiger partial charge is 0.507 e. The molecule has 1 unspecified atom stereocenters. The number of carboxylic acid groups (broad SMARTS) is 1. The van der Waals surface area contributed by atoms with Gasteiger partial charge in [-0.15, -0.1) is 0 Å². The lowest BCUT2D eigenvalue weighted by Crippen LogP contribution is -2.03. The number of hydrogen-bond acceptors (Lipinski definition) is 2. The van der Waals surface area contributed by atoms with Crippen molar-refractivity contribution in [3.8, 4) is 5.75 Å². The van der Waals surface area contributed by atoms with Crippen molar-refractivity contribution in [2.45, 2.75) is 46.0 Å². The smallest absolute Gasteiger partial charge is 0.335 e. The molecule has 0 radical (unpaired) electrons. The second kappa shape index (κ2) is 5.71. The summed E-state index contributed by atoms with van der Waals surface area (Å²) >= 11 is 0. The fraction of sp³-hybridized carbons (Fsp3) is 0.500. The first-order chi connectivity index (χ1) is 8.01. The van der Waals surface area contributed by atoms with Gasteiger partial charge in [-0.2, -0.15) is 0 Å². The zero-order valence-corrected chi connectivity index (χ0v) is 10.7. The van der Waals surface area contributed by atoms with E-state index >= 15 is 0 Å². The van der Waals surface area contributed by atoms with E-state index in [0.717, 1.165) is 24.0 Å². The molecule has 0 aliphatic heterocycles. The fourth-order valence-corrected chi connectivity index (χ4v) is 1.90. The third kappa shape index (κ3) is 2.99. The molecular formula is C14H20O3. The van der Waals surface area contributed by atoms with Gasteiger partial charge in [0.25, 0.3) is 0 Å². The Morgan fingerprint density at radius 2 is 2.00 bits per heavy atom. The number of aryl methyl sites for hydroxylation is 1. The maximum Gasteiger partial charge on any atom is 0.335 e. The van der Waals surface area contributed by atoms with Crippen LogP contribution in [0.2, 0.25) is 0 Å². The molecule has 0 aliphatic carbocycles. The molecule has 0 heterocycles. The zero-order chi connectivity index (χ0) is 13.0. The van der Waals surface area contributed by atoms with Crippen LogP contribution >= 0.6 is 0 Å². The predicted octanol–water partition coefficient (Wildman–Crippen LogP) is 3.56. The predicted molar refractivity (Wildman–Crippen MR) is 67.8 cm³/mol. The summed E-state index contributed by atoms with van der Waals surface area (Å²) in [6.07, 6.45) is 2.47. The molecule has 0 saturated heterocycles. The average Bonchev–Trinajstić information content (AvgIpc) is 2.30. The van der Waals surface area contributed by atoms with Gasteiger partial charge in [-0.1, -0.05) is 27.2 Å². The quantitative estimate of drug-likeness (QED) is 0.821. The maximum atomic E-state index is 11.1. The van der Waals surface area contributed by atoms with Crippen LogP contribution in [0.1, 0.15) is 61.0 Å². The van der Waals surface area contributed by atoms with E-state index in [9.17, 15) is 9.90 Å². The lowest BCUT2D eigenvalue weighted by molar-refractivity contribution is 0.0696. The first-order valence-corrected chi connectivity index (χ1v) is 6.10. The third-order valence-corrected chi connectivity index (χ3v) is 3.13. The minimum Gasteiger partial charge on any atom is -0.507 e. The lowest BCUT2D eigenvalue weighted by Gasteiger charge is -2.15. The van der Waals surface area contributed by atoms with Crippen LogP contribution in [0.3, 0.4) is 0 Å². The number of aromatic carboxylic acids is 1. The Morgan fingerprint density at radius 1 is 1.35 bits per heavy atom. The van der Waals surface area contributed by atoms with Crippen molar-refractivity contribution in [1.82, 2.24) is 0 Å². The Balaban J connectivity index is 3.32. The van der Waals surface area contributed by atoms with Crippen molar-refractivity contribution in [2.75, 3.05) is 0 Å². The second-order valence-electron chi connectivity index (χ2n) is 4.44. The van der Waals surface area contributed by atoms with Crippen LogP contribution < -0.4 is 0 Å². The molecular weight excluding hydrogens is 216 g/mol. The van der Waals surface area contributed by atoms with E-state index in [4.69, 9.17) is 5.11 Å². The Morgan fingerprint density at radius 3 is 2.47 bits per heavy atom. The highest BCUT2D eigenvalue weighted by molar-refractivity contribution is 5.88. The fourth-order valence-electron chi connectivity index (χ4n) is 1.90. The monoisotopic (exact) mass is 236 g/mol. The van der Waals surface area contributed by atoms with Crippen LogP contribution in [-0.2, 0) is 6.42 Å². The van der Waals surface area contributed by atoms with Crippen molar-refractivity contribution in [1.29, 1.82) is 0 Å². The molecule has 0 saturated carbocycles. The normalized spacial score (nSPS) is 12.4. The van der Waals surface area contributed by atoms with Crippen LogP contribution in [0, 0.1) is 0 Å². The molecule has 0 spiro atoms. The van der Waals surface area contributed by atoms with Gasteiger partial charge in [0.05, 0.1) is 5.56 Å². The van der Waals surface area contributed by atoms with Crippen LogP contribution in [0.4, 0.5) is 0 Å². The number of carboxylic acids is 1. The third-order valence-electron chi connectivity index (χ3n) is 3.13. The maximum absolute atomic E-state index is 11.1. The molecule has 0 aliphatic rings. The Labute approximate surface area is 102 Å². The van der Waals surface area contributed by atoms with E-state index in [-0.39, 0.29) is 17.2 Å². The number of hydrogen-bond donors (Lipinski definition) is 2. The summed E-state index contributed by atoms with van der Waals surface area (Å²) < 4.78 is 0. The van der Waals surface area contributed by atoms with Gasteiger partial charge in [0.15, 0.2) is 0 Å². The minimum atomic E-state index is -0.938. The van der Waals surface area contributed by atoms with E-state index in [1.165, 1.54) is 0 Å². The van der Waals surface area contributed by atoms with Crippen LogP contribution in [0.15, 0.2) is 12.1 Å². The van der Waals surface area contributed by atoms with Gasteiger partial charge in [-0.25, -0.2) is 4.79 Å². The van der Waals surface area contributed by atoms with Gasteiger partial charge in [0, 0.05) is 0 Å². The summed E-state index contributed by atoms with van der Waals surface area (Å²) in [6, 6.07) is 3.16. The van der Waals surface area contributed by atoms with Crippen LogP contribution in [0.5, 0.6) is 5.75 Å². The van der Waals surface area contributed by atoms with Crippen molar-refractivity contribution in [2.24, 2.45) is 0 Å². The summed E-state index contributed by atoms with van der Waals surface area (Å²) in [5.74, 6) is -0.497. The van der Waals surface area contributed by atoms with Crippen molar-refractivity contribution in [3.63, 3.8) is 0 Å². The molecule has 1 aromatic carbocycles.